The largest absolute Gasteiger partial charge is 0.493 e. The van der Waals surface area contributed by atoms with E-state index in [9.17, 15) is 5.21 Å². The summed E-state index contributed by atoms with van der Waals surface area (Å²) >= 11 is 0. The number of benzene rings is 2. The third-order valence-electron chi connectivity index (χ3n) is 4.28. The van der Waals surface area contributed by atoms with E-state index < -0.39 is 6.04 Å². The van der Waals surface area contributed by atoms with Crippen molar-refractivity contribution in [2.24, 2.45) is 0 Å². The lowest BCUT2D eigenvalue weighted by atomic mass is 9.91. The first-order valence-corrected chi connectivity index (χ1v) is 7.76. The Balaban J connectivity index is 2.13. The molecule has 0 aromatic heterocycles. The molecule has 0 saturated heterocycles. The van der Waals surface area contributed by atoms with Gasteiger partial charge in [-0.15, -0.1) is 0 Å². The minimum absolute atomic E-state index is 0.403. The molecule has 0 aliphatic carbocycles. The molecule has 2 aromatic carbocycles. The Morgan fingerprint density at radius 2 is 1.40 bits per heavy atom. The third-order valence-corrected chi connectivity index (χ3v) is 4.28. The molecule has 6 heteroatoms. The van der Waals surface area contributed by atoms with Gasteiger partial charge in [-0.05, 0) is 47.0 Å². The molecule has 132 valence electrons. The van der Waals surface area contributed by atoms with Gasteiger partial charge in [-0.1, -0.05) is 6.07 Å². The molecule has 3 rings (SSSR count). The van der Waals surface area contributed by atoms with E-state index in [1.165, 1.54) is 0 Å². The average Bonchev–Trinajstić information content (AvgIpc) is 2.66. The van der Waals surface area contributed by atoms with Gasteiger partial charge in [0.05, 0.1) is 28.4 Å². The molecule has 0 spiro atoms. The minimum Gasteiger partial charge on any atom is -0.493 e. The molecule has 1 aliphatic heterocycles. The van der Waals surface area contributed by atoms with Gasteiger partial charge in [-0.25, -0.2) is 0 Å². The summed E-state index contributed by atoms with van der Waals surface area (Å²) in [4.78, 5) is 0. The second-order valence-corrected chi connectivity index (χ2v) is 5.55. The predicted octanol–water partition coefficient (Wildman–Crippen LogP) is 3.49. The molecule has 0 radical (unpaired) electrons. The molecule has 1 unspecified atom stereocenters. The van der Waals surface area contributed by atoms with Crippen molar-refractivity contribution in [2.75, 3.05) is 28.4 Å². The fourth-order valence-electron chi connectivity index (χ4n) is 3.03. The lowest BCUT2D eigenvalue weighted by Gasteiger charge is -2.31. The topological polar surface area (TPSA) is 60.4 Å². The summed E-state index contributed by atoms with van der Waals surface area (Å²) in [5.41, 5.74) is 2.70. The van der Waals surface area contributed by atoms with E-state index in [1.54, 1.807) is 34.6 Å². The molecule has 0 fully saturated rings. The van der Waals surface area contributed by atoms with Crippen LogP contribution in [0.25, 0.3) is 6.08 Å². The van der Waals surface area contributed by atoms with Crippen LogP contribution in [0.1, 0.15) is 22.7 Å². The summed E-state index contributed by atoms with van der Waals surface area (Å²) in [6.45, 7) is 0. The minimum atomic E-state index is -0.403. The van der Waals surface area contributed by atoms with Crippen LogP contribution in [-0.4, -0.2) is 38.7 Å². The van der Waals surface area contributed by atoms with Crippen molar-refractivity contribution in [2.45, 2.75) is 6.04 Å². The summed E-state index contributed by atoms with van der Waals surface area (Å²) < 4.78 is 21.4. The Kier molecular flexibility index (Phi) is 4.72. The maximum Gasteiger partial charge on any atom is 0.161 e. The van der Waals surface area contributed by atoms with Gasteiger partial charge in [-0.2, -0.15) is 0 Å². The molecule has 1 heterocycles. The number of ether oxygens (including phenoxy) is 4. The van der Waals surface area contributed by atoms with Crippen LogP contribution in [0.15, 0.2) is 36.5 Å². The molecule has 0 amide bonds. The first-order valence-electron chi connectivity index (χ1n) is 7.76. The Hall–Kier alpha value is -2.86. The number of hydroxylamine groups is 2. The zero-order valence-electron chi connectivity index (χ0n) is 14.6. The normalized spacial score (nSPS) is 15.6. The second kappa shape index (κ2) is 6.94. The van der Waals surface area contributed by atoms with Crippen LogP contribution in [0.3, 0.4) is 0 Å². The van der Waals surface area contributed by atoms with E-state index in [0.717, 1.165) is 21.8 Å². The van der Waals surface area contributed by atoms with Gasteiger partial charge in [0, 0.05) is 6.20 Å². The molecule has 6 nitrogen and oxygen atoms in total. The number of hydrogen-bond acceptors (Lipinski definition) is 6. The SMILES string of the molecule is COc1ccc(C2c3cc(OC)c(OC)cc3C=CN2O)cc1OC. The first-order chi connectivity index (χ1) is 12.1. The molecular weight excluding hydrogens is 322 g/mol. The van der Waals surface area contributed by atoms with E-state index in [1.807, 2.05) is 36.4 Å². The molecule has 1 aliphatic rings. The van der Waals surface area contributed by atoms with Crippen molar-refractivity contribution in [3.05, 3.63) is 53.2 Å². The van der Waals surface area contributed by atoms with Gasteiger partial charge in [0.2, 0.25) is 0 Å². The molecule has 0 bridgehead atoms. The van der Waals surface area contributed by atoms with Crippen molar-refractivity contribution in [3.8, 4) is 23.0 Å². The zero-order valence-corrected chi connectivity index (χ0v) is 14.6. The number of methoxy groups -OCH3 is 4. The number of hydrogen-bond donors (Lipinski definition) is 1. The summed E-state index contributed by atoms with van der Waals surface area (Å²) in [6, 6.07) is 8.94. The van der Waals surface area contributed by atoms with Gasteiger partial charge in [0.15, 0.2) is 23.0 Å². The van der Waals surface area contributed by atoms with Crippen LogP contribution < -0.4 is 18.9 Å². The van der Waals surface area contributed by atoms with Gasteiger partial charge >= 0.3 is 0 Å². The highest BCUT2D eigenvalue weighted by atomic mass is 16.5. The fraction of sp³-hybridized carbons (Fsp3) is 0.263. The monoisotopic (exact) mass is 343 g/mol. The Morgan fingerprint density at radius 3 is 2.04 bits per heavy atom. The van der Waals surface area contributed by atoms with Gasteiger partial charge in [0.25, 0.3) is 0 Å². The van der Waals surface area contributed by atoms with Crippen LogP contribution in [0.4, 0.5) is 0 Å². The van der Waals surface area contributed by atoms with Gasteiger partial charge in [-0.3, -0.25) is 10.3 Å². The number of fused-ring (bicyclic) bond motifs is 1. The lowest BCUT2D eigenvalue weighted by Crippen LogP contribution is -2.24. The molecule has 2 aromatic rings. The first kappa shape index (κ1) is 17.0. The van der Waals surface area contributed by atoms with Gasteiger partial charge in [0.1, 0.15) is 6.04 Å². The lowest BCUT2D eigenvalue weighted by molar-refractivity contribution is -0.0686. The number of rotatable bonds is 5. The van der Waals surface area contributed by atoms with E-state index in [0.29, 0.717) is 23.0 Å². The van der Waals surface area contributed by atoms with Crippen molar-refractivity contribution >= 4 is 6.08 Å². The van der Waals surface area contributed by atoms with E-state index in [2.05, 4.69) is 0 Å². The van der Waals surface area contributed by atoms with Crippen LogP contribution >= 0.6 is 0 Å². The predicted molar refractivity (Wildman–Crippen MR) is 93.6 cm³/mol. The molecule has 25 heavy (non-hydrogen) atoms. The molecule has 1 N–H and O–H groups in total. The molecule has 0 saturated carbocycles. The molecular formula is C19H21NO5. The Morgan fingerprint density at radius 1 is 0.800 bits per heavy atom. The number of nitrogens with zero attached hydrogens (tertiary/aromatic N) is 1. The van der Waals surface area contributed by atoms with Gasteiger partial charge < -0.3 is 18.9 Å². The quantitative estimate of drug-likeness (QED) is 0.897. The molecule has 1 atom stereocenters. The highest BCUT2D eigenvalue weighted by molar-refractivity contribution is 5.64. The fourth-order valence-corrected chi connectivity index (χ4v) is 3.03. The summed E-state index contributed by atoms with van der Waals surface area (Å²) in [5, 5.41) is 11.6. The Labute approximate surface area is 146 Å². The summed E-state index contributed by atoms with van der Waals surface area (Å²) in [6.07, 6.45) is 3.45. The summed E-state index contributed by atoms with van der Waals surface area (Å²) in [7, 11) is 6.36. The Bertz CT molecular complexity index is 803. The standard InChI is InChI=1S/C19H21NO5/c1-22-15-6-5-13(10-16(15)23-2)19-14-11-18(25-4)17(24-3)9-12(14)7-8-20(19)21/h5-11,19,21H,1-4H3. The highest BCUT2D eigenvalue weighted by Crippen LogP contribution is 2.42. The van der Waals surface area contributed by atoms with Crippen molar-refractivity contribution in [1.82, 2.24) is 5.06 Å². The van der Waals surface area contributed by atoms with Crippen LogP contribution in [0.5, 0.6) is 23.0 Å². The van der Waals surface area contributed by atoms with Crippen molar-refractivity contribution < 1.29 is 24.2 Å². The highest BCUT2D eigenvalue weighted by Gasteiger charge is 2.27. The van der Waals surface area contributed by atoms with Crippen molar-refractivity contribution in [3.63, 3.8) is 0 Å². The smallest absolute Gasteiger partial charge is 0.161 e. The van der Waals surface area contributed by atoms with E-state index in [4.69, 9.17) is 18.9 Å². The van der Waals surface area contributed by atoms with E-state index in [-0.39, 0.29) is 0 Å². The maximum absolute atomic E-state index is 10.5. The summed E-state index contributed by atoms with van der Waals surface area (Å²) in [5.74, 6) is 2.48. The van der Waals surface area contributed by atoms with E-state index >= 15 is 0 Å². The maximum atomic E-state index is 10.5. The van der Waals surface area contributed by atoms with Crippen LogP contribution in [0.2, 0.25) is 0 Å². The van der Waals surface area contributed by atoms with Crippen LogP contribution in [-0.2, 0) is 0 Å². The zero-order chi connectivity index (χ0) is 18.0. The van der Waals surface area contributed by atoms with Crippen LogP contribution in [0, 0.1) is 0 Å². The second-order valence-electron chi connectivity index (χ2n) is 5.55. The average molecular weight is 343 g/mol. The third kappa shape index (κ3) is 2.96. The van der Waals surface area contributed by atoms with Crippen molar-refractivity contribution in [1.29, 1.82) is 0 Å².